The molecular formula is C14H14N2S. The minimum absolute atomic E-state index is 0.952. The highest BCUT2D eigenvalue weighted by Gasteiger charge is 2.14. The van der Waals surface area contributed by atoms with E-state index in [9.17, 15) is 0 Å². The highest BCUT2D eigenvalue weighted by Crippen LogP contribution is 2.44. The Bertz CT molecular complexity index is 552. The zero-order valence-electron chi connectivity index (χ0n) is 9.66. The second-order valence-corrected chi connectivity index (χ2v) is 5.05. The van der Waals surface area contributed by atoms with Gasteiger partial charge >= 0.3 is 0 Å². The van der Waals surface area contributed by atoms with Crippen LogP contribution in [0.25, 0.3) is 0 Å². The quantitative estimate of drug-likeness (QED) is 0.699. The van der Waals surface area contributed by atoms with E-state index in [4.69, 9.17) is 0 Å². The van der Waals surface area contributed by atoms with Crippen LogP contribution in [0.4, 0.5) is 17.1 Å². The summed E-state index contributed by atoms with van der Waals surface area (Å²) in [4.78, 5) is 2.57. The third kappa shape index (κ3) is 1.98. The summed E-state index contributed by atoms with van der Waals surface area (Å²) < 4.78 is 0. The van der Waals surface area contributed by atoms with Gasteiger partial charge in [-0.15, -0.1) is 0 Å². The zero-order valence-corrected chi connectivity index (χ0v) is 10.5. The lowest BCUT2D eigenvalue weighted by molar-refractivity contribution is 1.20. The SMILES string of the molecule is CCNc1ccc2c(c1)Sc1ccccc1N2. The lowest BCUT2D eigenvalue weighted by atomic mass is 10.2. The highest BCUT2D eigenvalue weighted by molar-refractivity contribution is 7.99. The van der Waals surface area contributed by atoms with Gasteiger partial charge in [0.05, 0.1) is 11.4 Å². The van der Waals surface area contributed by atoms with Crippen LogP contribution in [0, 0.1) is 0 Å². The van der Waals surface area contributed by atoms with Gasteiger partial charge in [0, 0.05) is 22.0 Å². The van der Waals surface area contributed by atoms with Gasteiger partial charge in [-0.25, -0.2) is 0 Å². The summed E-state index contributed by atoms with van der Waals surface area (Å²) in [6.07, 6.45) is 0. The summed E-state index contributed by atoms with van der Waals surface area (Å²) in [6.45, 7) is 3.06. The van der Waals surface area contributed by atoms with Gasteiger partial charge in [0.25, 0.3) is 0 Å². The molecule has 0 radical (unpaired) electrons. The number of hydrogen-bond donors (Lipinski definition) is 2. The maximum Gasteiger partial charge on any atom is 0.0527 e. The molecule has 0 spiro atoms. The predicted octanol–water partition coefficient (Wildman–Crippen LogP) is 4.33. The number of benzene rings is 2. The molecule has 0 bridgehead atoms. The molecule has 86 valence electrons. The van der Waals surface area contributed by atoms with Crippen molar-refractivity contribution in [1.29, 1.82) is 0 Å². The van der Waals surface area contributed by atoms with Gasteiger partial charge in [0.1, 0.15) is 0 Å². The molecule has 0 aliphatic carbocycles. The number of para-hydroxylation sites is 1. The molecule has 0 saturated carbocycles. The van der Waals surface area contributed by atoms with Crippen molar-refractivity contribution in [2.45, 2.75) is 16.7 Å². The number of hydrogen-bond acceptors (Lipinski definition) is 3. The van der Waals surface area contributed by atoms with Crippen LogP contribution in [0.3, 0.4) is 0 Å². The van der Waals surface area contributed by atoms with Crippen molar-refractivity contribution in [1.82, 2.24) is 0 Å². The average molecular weight is 242 g/mol. The van der Waals surface area contributed by atoms with Crippen LogP contribution >= 0.6 is 11.8 Å². The standard InChI is InChI=1S/C14H14N2S/c1-2-15-10-7-8-12-14(9-10)17-13-6-4-3-5-11(13)16-12/h3-9,15-16H,2H2,1H3. The number of fused-ring (bicyclic) bond motifs is 2. The fourth-order valence-electron chi connectivity index (χ4n) is 1.95. The van der Waals surface area contributed by atoms with Gasteiger partial charge in [0.15, 0.2) is 0 Å². The van der Waals surface area contributed by atoms with Crippen molar-refractivity contribution < 1.29 is 0 Å². The molecule has 0 saturated heterocycles. The monoisotopic (exact) mass is 242 g/mol. The lowest BCUT2D eigenvalue weighted by Crippen LogP contribution is -2.01. The van der Waals surface area contributed by atoms with E-state index in [0.717, 1.165) is 6.54 Å². The van der Waals surface area contributed by atoms with Crippen molar-refractivity contribution in [3.8, 4) is 0 Å². The molecule has 0 unspecified atom stereocenters. The van der Waals surface area contributed by atoms with E-state index in [1.54, 1.807) is 0 Å². The number of anilines is 3. The minimum atomic E-state index is 0.952. The molecule has 1 aliphatic rings. The summed E-state index contributed by atoms with van der Waals surface area (Å²) in [7, 11) is 0. The summed E-state index contributed by atoms with van der Waals surface area (Å²) >= 11 is 1.82. The molecule has 0 atom stereocenters. The van der Waals surface area contributed by atoms with Crippen LogP contribution in [0.1, 0.15) is 6.92 Å². The van der Waals surface area contributed by atoms with E-state index < -0.39 is 0 Å². The second-order valence-electron chi connectivity index (χ2n) is 3.96. The van der Waals surface area contributed by atoms with Gasteiger partial charge in [-0.3, -0.25) is 0 Å². The van der Waals surface area contributed by atoms with Crippen molar-refractivity contribution in [2.75, 3.05) is 17.2 Å². The van der Waals surface area contributed by atoms with Crippen LogP contribution in [0.5, 0.6) is 0 Å². The third-order valence-electron chi connectivity index (χ3n) is 2.74. The Balaban J connectivity index is 1.97. The molecule has 1 heterocycles. The first-order valence-corrected chi connectivity index (χ1v) is 6.60. The molecule has 2 nitrogen and oxygen atoms in total. The molecule has 17 heavy (non-hydrogen) atoms. The van der Waals surface area contributed by atoms with Crippen LogP contribution in [0.15, 0.2) is 52.3 Å². The summed E-state index contributed by atoms with van der Waals surface area (Å²) in [5, 5.41) is 6.80. The third-order valence-corrected chi connectivity index (χ3v) is 3.87. The summed E-state index contributed by atoms with van der Waals surface area (Å²) in [6, 6.07) is 14.9. The Morgan fingerprint density at radius 2 is 1.88 bits per heavy atom. The van der Waals surface area contributed by atoms with Crippen LogP contribution in [-0.2, 0) is 0 Å². The Hall–Kier alpha value is -1.61. The molecule has 3 heteroatoms. The molecule has 0 fully saturated rings. The average Bonchev–Trinajstić information content (AvgIpc) is 2.36. The first kappa shape index (κ1) is 10.5. The maximum absolute atomic E-state index is 3.46. The van der Waals surface area contributed by atoms with Crippen LogP contribution in [-0.4, -0.2) is 6.54 Å². The fourth-order valence-corrected chi connectivity index (χ4v) is 2.97. The number of rotatable bonds is 2. The van der Waals surface area contributed by atoms with E-state index in [0.29, 0.717) is 0 Å². The molecule has 0 amide bonds. The second kappa shape index (κ2) is 4.34. The van der Waals surface area contributed by atoms with E-state index in [2.05, 4.69) is 60.0 Å². The summed E-state index contributed by atoms with van der Waals surface area (Å²) in [5.74, 6) is 0. The van der Waals surface area contributed by atoms with Crippen LogP contribution in [0.2, 0.25) is 0 Å². The van der Waals surface area contributed by atoms with Crippen molar-refractivity contribution >= 4 is 28.8 Å². The van der Waals surface area contributed by atoms with Crippen LogP contribution < -0.4 is 10.6 Å². The van der Waals surface area contributed by atoms with Crippen molar-refractivity contribution in [3.05, 3.63) is 42.5 Å². The molecule has 2 aromatic rings. The van der Waals surface area contributed by atoms with Gasteiger partial charge in [-0.2, -0.15) is 0 Å². The molecular weight excluding hydrogens is 228 g/mol. The smallest absolute Gasteiger partial charge is 0.0527 e. The largest absolute Gasteiger partial charge is 0.385 e. The van der Waals surface area contributed by atoms with Gasteiger partial charge in [0.2, 0.25) is 0 Å². The molecule has 3 rings (SSSR count). The normalized spacial score (nSPS) is 12.3. The van der Waals surface area contributed by atoms with E-state index in [1.807, 2.05) is 11.8 Å². The van der Waals surface area contributed by atoms with Crippen molar-refractivity contribution in [3.63, 3.8) is 0 Å². The Labute approximate surface area is 105 Å². The topological polar surface area (TPSA) is 24.1 Å². The zero-order chi connectivity index (χ0) is 11.7. The minimum Gasteiger partial charge on any atom is -0.385 e. The number of nitrogens with one attached hydrogen (secondary N) is 2. The predicted molar refractivity (Wildman–Crippen MR) is 74.5 cm³/mol. The van der Waals surface area contributed by atoms with Gasteiger partial charge in [-0.05, 0) is 37.3 Å². The molecule has 2 aromatic carbocycles. The first-order valence-electron chi connectivity index (χ1n) is 5.78. The molecule has 1 aliphatic heterocycles. The Morgan fingerprint density at radius 1 is 1.06 bits per heavy atom. The van der Waals surface area contributed by atoms with E-state index in [-0.39, 0.29) is 0 Å². The first-order chi connectivity index (χ1) is 8.36. The molecule has 0 aromatic heterocycles. The van der Waals surface area contributed by atoms with Crippen molar-refractivity contribution in [2.24, 2.45) is 0 Å². The van der Waals surface area contributed by atoms with E-state index in [1.165, 1.54) is 26.9 Å². The molecule has 2 N–H and O–H groups in total. The van der Waals surface area contributed by atoms with Gasteiger partial charge < -0.3 is 10.6 Å². The highest BCUT2D eigenvalue weighted by atomic mass is 32.2. The Kier molecular flexibility index (Phi) is 2.69. The Morgan fingerprint density at radius 3 is 2.76 bits per heavy atom. The lowest BCUT2D eigenvalue weighted by Gasteiger charge is -2.21. The maximum atomic E-state index is 3.46. The summed E-state index contributed by atoms with van der Waals surface area (Å²) in [5.41, 5.74) is 3.57. The van der Waals surface area contributed by atoms with E-state index >= 15 is 0 Å². The van der Waals surface area contributed by atoms with Gasteiger partial charge in [-0.1, -0.05) is 23.9 Å². The fraction of sp³-hybridized carbons (Fsp3) is 0.143.